The average Bonchev–Trinajstić information content (AvgIpc) is 2.80. The smallest absolute Gasteiger partial charge is 0.118 e. The molecule has 3 rings (SSSR count). The van der Waals surface area contributed by atoms with Crippen LogP contribution in [-0.2, 0) is 12.8 Å². The van der Waals surface area contributed by atoms with Crippen molar-refractivity contribution in [3.63, 3.8) is 0 Å². The third-order valence-electron chi connectivity index (χ3n) is 3.95. The number of rotatable bonds is 2. The number of hydrogen-bond donors (Lipinski definition) is 0. The van der Waals surface area contributed by atoms with E-state index in [2.05, 4.69) is 19.1 Å². The van der Waals surface area contributed by atoms with Crippen LogP contribution in [0, 0.1) is 6.92 Å². The third-order valence-corrected chi connectivity index (χ3v) is 3.95. The molecule has 0 radical (unpaired) electrons. The quantitative estimate of drug-likeness (QED) is 0.797. The lowest BCUT2D eigenvalue weighted by molar-refractivity contribution is 0.414. The Morgan fingerprint density at radius 1 is 1.22 bits per heavy atom. The summed E-state index contributed by atoms with van der Waals surface area (Å²) in [5.41, 5.74) is 4.12. The van der Waals surface area contributed by atoms with Gasteiger partial charge >= 0.3 is 0 Å². The second kappa shape index (κ2) is 4.52. The molecule has 1 heterocycles. The van der Waals surface area contributed by atoms with E-state index in [1.54, 1.807) is 7.11 Å². The molecule has 0 amide bonds. The Kier molecular flexibility index (Phi) is 2.86. The first-order valence-corrected chi connectivity index (χ1v) is 6.47. The Bertz CT molecular complexity index is 537. The van der Waals surface area contributed by atoms with E-state index in [1.807, 2.05) is 18.4 Å². The summed E-state index contributed by atoms with van der Waals surface area (Å²) >= 11 is 0. The van der Waals surface area contributed by atoms with Crippen LogP contribution < -0.4 is 4.74 Å². The molecular weight excluding hydrogens is 224 g/mol. The van der Waals surface area contributed by atoms with Gasteiger partial charge in [-0.25, -0.2) is 0 Å². The molecule has 0 saturated heterocycles. The van der Waals surface area contributed by atoms with Gasteiger partial charge in [-0.15, -0.1) is 0 Å². The lowest BCUT2D eigenvalue weighted by atomic mass is 9.83. The van der Waals surface area contributed by atoms with Crippen LogP contribution in [-0.4, -0.2) is 7.11 Å². The molecule has 94 valence electrons. The van der Waals surface area contributed by atoms with Crippen molar-refractivity contribution in [1.82, 2.24) is 0 Å². The fraction of sp³-hybridized carbons (Fsp3) is 0.375. The number of aryl methyl sites for hydroxylation is 1. The first-order chi connectivity index (χ1) is 8.78. The summed E-state index contributed by atoms with van der Waals surface area (Å²) in [7, 11) is 1.70. The maximum Gasteiger partial charge on any atom is 0.118 e. The van der Waals surface area contributed by atoms with Gasteiger partial charge in [0.25, 0.3) is 0 Å². The highest BCUT2D eigenvalue weighted by Gasteiger charge is 2.23. The summed E-state index contributed by atoms with van der Waals surface area (Å²) in [6.07, 6.45) is 5.25. The van der Waals surface area contributed by atoms with E-state index >= 15 is 0 Å². The molecule has 0 N–H and O–H groups in total. The maximum absolute atomic E-state index is 5.66. The van der Waals surface area contributed by atoms with Gasteiger partial charge in [0, 0.05) is 6.42 Å². The van der Waals surface area contributed by atoms with Crippen LogP contribution in [0.2, 0.25) is 0 Å². The SMILES string of the molecule is COc1ccc(C2CCc3c(C)coc3C2)cc1. The van der Waals surface area contributed by atoms with E-state index in [-0.39, 0.29) is 0 Å². The van der Waals surface area contributed by atoms with Crippen LogP contribution in [0.5, 0.6) is 5.75 Å². The number of ether oxygens (including phenoxy) is 1. The molecule has 1 unspecified atom stereocenters. The van der Waals surface area contributed by atoms with Crippen molar-refractivity contribution in [2.24, 2.45) is 0 Å². The second-order valence-corrected chi connectivity index (χ2v) is 5.03. The fourth-order valence-electron chi connectivity index (χ4n) is 2.83. The highest BCUT2D eigenvalue weighted by atomic mass is 16.5. The topological polar surface area (TPSA) is 22.4 Å². The molecule has 0 bridgehead atoms. The summed E-state index contributed by atoms with van der Waals surface area (Å²) in [6.45, 7) is 2.13. The standard InChI is InChI=1S/C16H18O2/c1-11-10-18-16-9-13(5-8-15(11)16)12-3-6-14(17-2)7-4-12/h3-4,6-7,10,13H,5,8-9H2,1-2H3. The monoisotopic (exact) mass is 242 g/mol. The van der Waals surface area contributed by atoms with Crippen LogP contribution in [0.25, 0.3) is 0 Å². The molecule has 1 aliphatic carbocycles. The lowest BCUT2D eigenvalue weighted by Gasteiger charge is -2.22. The molecule has 0 saturated carbocycles. The molecule has 0 spiro atoms. The molecule has 0 fully saturated rings. The Hall–Kier alpha value is -1.70. The Morgan fingerprint density at radius 3 is 2.72 bits per heavy atom. The van der Waals surface area contributed by atoms with E-state index < -0.39 is 0 Å². The van der Waals surface area contributed by atoms with Gasteiger partial charge in [-0.05, 0) is 54.5 Å². The number of methoxy groups -OCH3 is 1. The van der Waals surface area contributed by atoms with Crippen LogP contribution >= 0.6 is 0 Å². The predicted molar refractivity (Wildman–Crippen MR) is 71.2 cm³/mol. The third kappa shape index (κ3) is 1.92. The first kappa shape index (κ1) is 11.4. The fourth-order valence-corrected chi connectivity index (χ4v) is 2.83. The van der Waals surface area contributed by atoms with Crippen LogP contribution in [0.1, 0.15) is 34.8 Å². The minimum Gasteiger partial charge on any atom is -0.497 e. The summed E-state index contributed by atoms with van der Waals surface area (Å²) in [5.74, 6) is 2.68. The highest BCUT2D eigenvalue weighted by Crippen LogP contribution is 2.35. The van der Waals surface area contributed by atoms with E-state index in [1.165, 1.54) is 28.9 Å². The van der Waals surface area contributed by atoms with E-state index in [4.69, 9.17) is 9.15 Å². The summed E-state index contributed by atoms with van der Waals surface area (Å²) in [4.78, 5) is 0. The zero-order valence-corrected chi connectivity index (χ0v) is 10.9. The molecule has 1 atom stereocenters. The van der Waals surface area contributed by atoms with Crippen LogP contribution in [0.3, 0.4) is 0 Å². The molecule has 1 aliphatic rings. The van der Waals surface area contributed by atoms with Gasteiger partial charge in [-0.2, -0.15) is 0 Å². The van der Waals surface area contributed by atoms with Crippen molar-refractivity contribution in [3.8, 4) is 5.75 Å². The van der Waals surface area contributed by atoms with Crippen LogP contribution in [0.15, 0.2) is 34.9 Å². The Balaban J connectivity index is 1.82. The highest BCUT2D eigenvalue weighted by molar-refractivity contribution is 5.35. The zero-order valence-electron chi connectivity index (χ0n) is 10.9. The predicted octanol–water partition coefficient (Wildman–Crippen LogP) is 3.87. The molecular formula is C16H18O2. The van der Waals surface area contributed by atoms with Gasteiger partial charge in [0.05, 0.1) is 13.4 Å². The van der Waals surface area contributed by atoms with Gasteiger partial charge in [-0.1, -0.05) is 12.1 Å². The van der Waals surface area contributed by atoms with Crippen molar-refractivity contribution in [2.45, 2.75) is 32.1 Å². The Labute approximate surface area is 108 Å². The van der Waals surface area contributed by atoms with Crippen molar-refractivity contribution in [2.75, 3.05) is 7.11 Å². The van der Waals surface area contributed by atoms with Crippen molar-refractivity contribution in [1.29, 1.82) is 0 Å². The number of hydrogen-bond acceptors (Lipinski definition) is 2. The van der Waals surface area contributed by atoms with Crippen molar-refractivity contribution >= 4 is 0 Å². The summed E-state index contributed by atoms with van der Waals surface area (Å²) in [5, 5.41) is 0. The average molecular weight is 242 g/mol. The minimum atomic E-state index is 0.578. The van der Waals surface area contributed by atoms with Crippen molar-refractivity contribution < 1.29 is 9.15 Å². The molecule has 2 nitrogen and oxygen atoms in total. The van der Waals surface area contributed by atoms with Crippen LogP contribution in [0.4, 0.5) is 0 Å². The van der Waals surface area contributed by atoms with Gasteiger partial charge in [-0.3, -0.25) is 0 Å². The maximum atomic E-state index is 5.66. The molecule has 2 heteroatoms. The van der Waals surface area contributed by atoms with Gasteiger partial charge in [0.1, 0.15) is 11.5 Å². The van der Waals surface area contributed by atoms with Gasteiger partial charge in [0.2, 0.25) is 0 Å². The van der Waals surface area contributed by atoms with Gasteiger partial charge in [0.15, 0.2) is 0 Å². The number of benzene rings is 1. The van der Waals surface area contributed by atoms with Crippen molar-refractivity contribution in [3.05, 3.63) is 53.0 Å². The Morgan fingerprint density at radius 2 is 2.00 bits per heavy atom. The molecule has 1 aromatic carbocycles. The summed E-state index contributed by atoms with van der Waals surface area (Å²) in [6, 6.07) is 8.42. The number of furan rings is 1. The summed E-state index contributed by atoms with van der Waals surface area (Å²) < 4.78 is 10.9. The molecule has 0 aliphatic heterocycles. The van der Waals surface area contributed by atoms with E-state index in [9.17, 15) is 0 Å². The molecule has 2 aromatic rings. The second-order valence-electron chi connectivity index (χ2n) is 5.03. The zero-order chi connectivity index (χ0) is 12.5. The van der Waals surface area contributed by atoms with E-state index in [0.717, 1.165) is 18.6 Å². The minimum absolute atomic E-state index is 0.578. The molecule has 18 heavy (non-hydrogen) atoms. The largest absolute Gasteiger partial charge is 0.497 e. The molecule has 1 aromatic heterocycles. The first-order valence-electron chi connectivity index (χ1n) is 6.47. The normalized spacial score (nSPS) is 18.4. The lowest BCUT2D eigenvalue weighted by Crippen LogP contribution is -2.11. The van der Waals surface area contributed by atoms with E-state index in [0.29, 0.717) is 5.92 Å². The van der Waals surface area contributed by atoms with Gasteiger partial charge < -0.3 is 9.15 Å². The number of fused-ring (bicyclic) bond motifs is 1.